The first-order chi connectivity index (χ1) is 12.4. The van der Waals surface area contributed by atoms with Gasteiger partial charge in [0.2, 0.25) is 0 Å². The molecule has 0 aliphatic carbocycles. The van der Waals surface area contributed by atoms with Gasteiger partial charge in [-0.2, -0.15) is 33.0 Å². The quantitative estimate of drug-likeness (QED) is 0.628. The van der Waals surface area contributed by atoms with E-state index in [0.717, 1.165) is 5.69 Å². The number of H-pyrrole nitrogens is 1. The fraction of sp³-hybridized carbons (Fsp3) is 0.250. The molecule has 0 atom stereocenters. The minimum absolute atomic E-state index is 0.197. The Morgan fingerprint density at radius 1 is 1.19 bits per heavy atom. The van der Waals surface area contributed by atoms with Gasteiger partial charge in [-0.1, -0.05) is 12.1 Å². The van der Waals surface area contributed by atoms with Crippen molar-refractivity contribution >= 4 is 0 Å². The van der Waals surface area contributed by atoms with Gasteiger partial charge in [0.25, 0.3) is 0 Å². The largest absolute Gasteiger partial charge is 0.461 e. The molecule has 0 unspecified atom stereocenters. The topological polar surface area (TPSA) is 81.8 Å². The summed E-state index contributed by atoms with van der Waals surface area (Å²) in [5.74, 6) is -0.342. The third-order valence-electron chi connectivity index (χ3n) is 3.64. The minimum Gasteiger partial charge on any atom is -0.428 e. The summed E-state index contributed by atoms with van der Waals surface area (Å²) in [5, 5.41) is 10.5. The summed E-state index contributed by atoms with van der Waals surface area (Å²) in [6, 6.07) is 9.20. The number of nitrogens with two attached hydrogens (primary N) is 1. The lowest BCUT2D eigenvalue weighted by Gasteiger charge is -2.17. The molecule has 3 rings (SSSR count). The first-order valence-corrected chi connectivity index (χ1v) is 7.60. The van der Waals surface area contributed by atoms with E-state index in [9.17, 15) is 17.6 Å². The Bertz CT molecular complexity index is 877. The van der Waals surface area contributed by atoms with Crippen LogP contribution in [-0.2, 0) is 13.1 Å². The molecule has 26 heavy (non-hydrogen) atoms. The highest BCUT2D eigenvalue weighted by Crippen LogP contribution is 2.28. The fourth-order valence-corrected chi connectivity index (χ4v) is 2.47. The second-order valence-electron chi connectivity index (χ2n) is 5.46. The van der Waals surface area contributed by atoms with Crippen LogP contribution in [0.15, 0.2) is 42.6 Å². The molecule has 0 amide bonds. The second-order valence-corrected chi connectivity index (χ2v) is 5.46. The Hall–Kier alpha value is -2.88. The monoisotopic (exact) mass is 369 g/mol. The highest BCUT2D eigenvalue weighted by Gasteiger charge is 2.43. The molecule has 3 aromatic rings. The summed E-state index contributed by atoms with van der Waals surface area (Å²) in [4.78, 5) is 0. The van der Waals surface area contributed by atoms with Crippen LogP contribution < -0.4 is 10.5 Å². The molecule has 2 aromatic heterocycles. The van der Waals surface area contributed by atoms with Crippen molar-refractivity contribution in [2.75, 3.05) is 0 Å². The number of nitrogens with zero attached hydrogens (tertiary/aromatic N) is 3. The fourth-order valence-electron chi connectivity index (χ4n) is 2.47. The van der Waals surface area contributed by atoms with Crippen LogP contribution in [0.3, 0.4) is 0 Å². The number of hydrogen-bond donors (Lipinski definition) is 2. The average molecular weight is 369 g/mol. The summed E-state index contributed by atoms with van der Waals surface area (Å²) >= 11 is 0. The molecule has 10 heteroatoms. The molecule has 0 saturated carbocycles. The summed E-state index contributed by atoms with van der Waals surface area (Å²) in [6.07, 6.45) is -6.69. The Morgan fingerprint density at radius 2 is 2.00 bits per heavy atom. The van der Waals surface area contributed by atoms with E-state index in [1.165, 1.54) is 18.2 Å². The van der Waals surface area contributed by atoms with Crippen LogP contribution in [0.1, 0.15) is 11.3 Å². The van der Waals surface area contributed by atoms with Gasteiger partial charge >= 0.3 is 12.5 Å². The molecule has 0 radical (unpaired) electrons. The molecule has 1 aromatic carbocycles. The van der Waals surface area contributed by atoms with Crippen LogP contribution >= 0.6 is 0 Å². The number of benzene rings is 1. The van der Waals surface area contributed by atoms with E-state index < -0.39 is 12.5 Å². The lowest BCUT2D eigenvalue weighted by atomic mass is 10.2. The van der Waals surface area contributed by atoms with Gasteiger partial charge in [0.15, 0.2) is 0 Å². The van der Waals surface area contributed by atoms with Crippen molar-refractivity contribution in [2.24, 2.45) is 5.73 Å². The normalized spacial score (nSPS) is 11.9. The molecule has 6 nitrogen and oxygen atoms in total. The number of nitrogens with one attached hydrogen (secondary N) is 1. The Balaban J connectivity index is 1.83. The van der Waals surface area contributed by atoms with Gasteiger partial charge < -0.3 is 15.0 Å². The molecule has 0 bridgehead atoms. The lowest BCUT2D eigenvalue weighted by Crippen LogP contribution is -2.33. The van der Waals surface area contributed by atoms with Gasteiger partial charge in [-0.05, 0) is 29.8 Å². The zero-order chi connectivity index (χ0) is 18.7. The van der Waals surface area contributed by atoms with E-state index >= 15 is 0 Å². The summed E-state index contributed by atoms with van der Waals surface area (Å²) in [5.41, 5.74) is 8.10. The van der Waals surface area contributed by atoms with Gasteiger partial charge in [-0.25, -0.2) is 0 Å². The van der Waals surface area contributed by atoms with E-state index in [4.69, 9.17) is 5.73 Å². The Labute approximate surface area is 145 Å². The molecule has 3 N–H and O–H groups in total. The van der Waals surface area contributed by atoms with Crippen LogP contribution in [0.25, 0.3) is 11.4 Å². The van der Waals surface area contributed by atoms with Crippen LogP contribution in [0, 0.1) is 0 Å². The van der Waals surface area contributed by atoms with Crippen molar-refractivity contribution in [2.45, 2.75) is 25.6 Å². The molecule has 138 valence electrons. The van der Waals surface area contributed by atoms with Gasteiger partial charge in [0.1, 0.15) is 17.1 Å². The number of aromatic amines is 1. The van der Waals surface area contributed by atoms with Crippen molar-refractivity contribution in [3.8, 4) is 17.1 Å². The van der Waals surface area contributed by atoms with E-state index in [-0.39, 0.29) is 18.8 Å². The number of rotatable bonds is 7. The van der Waals surface area contributed by atoms with E-state index in [0.29, 0.717) is 17.0 Å². The molecule has 0 fully saturated rings. The molecule has 0 aliphatic heterocycles. The van der Waals surface area contributed by atoms with Gasteiger partial charge in [0.05, 0.1) is 5.69 Å². The van der Waals surface area contributed by atoms with Crippen LogP contribution in [0.5, 0.6) is 5.75 Å². The first-order valence-electron chi connectivity index (χ1n) is 7.60. The van der Waals surface area contributed by atoms with Crippen molar-refractivity contribution in [1.29, 1.82) is 0 Å². The molecular formula is C16H15F4N5O. The zero-order valence-corrected chi connectivity index (χ0v) is 13.4. The third kappa shape index (κ3) is 3.69. The number of halogens is 4. The Kier molecular flexibility index (Phi) is 4.94. The van der Waals surface area contributed by atoms with Crippen LogP contribution in [-0.4, -0.2) is 32.5 Å². The Morgan fingerprint density at radius 3 is 2.73 bits per heavy atom. The number of hydrogen-bond acceptors (Lipinski definition) is 4. The summed E-state index contributed by atoms with van der Waals surface area (Å²) in [6.45, 7) is 0.486. The molecule has 0 aliphatic rings. The van der Waals surface area contributed by atoms with E-state index in [2.05, 4.69) is 20.1 Å². The molecule has 0 spiro atoms. The van der Waals surface area contributed by atoms with Crippen molar-refractivity contribution in [3.05, 3.63) is 53.9 Å². The number of aromatic nitrogens is 4. The maximum atomic E-state index is 13.1. The van der Waals surface area contributed by atoms with Gasteiger partial charge in [-0.3, -0.25) is 0 Å². The predicted molar refractivity (Wildman–Crippen MR) is 84.8 cm³/mol. The van der Waals surface area contributed by atoms with Gasteiger partial charge in [0, 0.05) is 19.3 Å². The summed E-state index contributed by atoms with van der Waals surface area (Å²) in [7, 11) is 0. The lowest BCUT2D eigenvalue weighted by molar-refractivity contribution is -0.253. The smallest absolute Gasteiger partial charge is 0.428 e. The first kappa shape index (κ1) is 17.9. The van der Waals surface area contributed by atoms with E-state index in [1.807, 2.05) is 6.07 Å². The maximum absolute atomic E-state index is 13.1. The van der Waals surface area contributed by atoms with Crippen LogP contribution in [0.2, 0.25) is 0 Å². The second kappa shape index (κ2) is 7.16. The zero-order valence-electron chi connectivity index (χ0n) is 13.4. The van der Waals surface area contributed by atoms with Crippen molar-refractivity contribution in [3.63, 3.8) is 0 Å². The van der Waals surface area contributed by atoms with E-state index in [1.54, 1.807) is 22.9 Å². The molecule has 2 heterocycles. The highest BCUT2D eigenvalue weighted by molar-refractivity contribution is 5.57. The number of alkyl halides is 4. The SMILES string of the molecule is NCc1n[nH]nc1-c1cccn1Cc1cccc(OC(F)(F)C(F)F)c1. The minimum atomic E-state index is -4.55. The highest BCUT2D eigenvalue weighted by atomic mass is 19.3. The molecule has 0 saturated heterocycles. The van der Waals surface area contributed by atoms with Crippen LogP contribution in [0.4, 0.5) is 17.6 Å². The third-order valence-corrected chi connectivity index (χ3v) is 3.64. The standard InChI is InChI=1S/C16H15F4N5O/c17-15(18)16(19,20)26-11-4-1-3-10(7-11)9-25-6-2-5-13(25)14-12(8-21)22-24-23-14/h1-7,15H,8-9,21H2,(H,22,23,24). The predicted octanol–water partition coefficient (Wildman–Crippen LogP) is 3.02. The average Bonchev–Trinajstić information content (AvgIpc) is 3.22. The maximum Gasteiger partial charge on any atom is 0.461 e. The summed E-state index contributed by atoms with van der Waals surface area (Å²) < 4.78 is 56.6. The molecular weight excluding hydrogens is 354 g/mol. The van der Waals surface area contributed by atoms with Gasteiger partial charge in [-0.15, -0.1) is 0 Å². The van der Waals surface area contributed by atoms with Crippen molar-refractivity contribution in [1.82, 2.24) is 20.0 Å². The van der Waals surface area contributed by atoms with Crippen molar-refractivity contribution < 1.29 is 22.3 Å². The number of ether oxygens (including phenoxy) is 1.